The Morgan fingerprint density at radius 2 is 1.82 bits per heavy atom. The third-order valence-corrected chi connectivity index (χ3v) is 4.29. The van der Waals surface area contributed by atoms with Gasteiger partial charge in [-0.05, 0) is 24.6 Å². The predicted molar refractivity (Wildman–Crippen MR) is 95.7 cm³/mol. The van der Waals surface area contributed by atoms with Crippen LogP contribution in [0.25, 0.3) is 0 Å². The lowest BCUT2D eigenvalue weighted by Gasteiger charge is -2.17. The van der Waals surface area contributed by atoms with Crippen molar-refractivity contribution in [2.24, 2.45) is 0 Å². The smallest absolute Gasteiger partial charge is 0.273 e. The fourth-order valence-corrected chi connectivity index (χ4v) is 2.83. The number of nitrogens with zero attached hydrogens (tertiary/aromatic N) is 3. The van der Waals surface area contributed by atoms with Crippen LogP contribution in [-0.2, 0) is 0 Å². The number of fused-ring (bicyclic) bond motifs is 1. The van der Waals surface area contributed by atoms with E-state index in [0.717, 1.165) is 11.0 Å². The summed E-state index contributed by atoms with van der Waals surface area (Å²) in [7, 11) is 0. The van der Waals surface area contributed by atoms with Crippen molar-refractivity contribution in [3.05, 3.63) is 69.3 Å². The molecule has 1 heterocycles. The molecule has 28 heavy (non-hydrogen) atoms. The van der Waals surface area contributed by atoms with E-state index in [9.17, 15) is 24.8 Å². The summed E-state index contributed by atoms with van der Waals surface area (Å²) in [5.74, 6) is -0.852. The van der Waals surface area contributed by atoms with Crippen molar-refractivity contribution in [3.63, 3.8) is 0 Å². The maximum absolute atomic E-state index is 12.3. The highest BCUT2D eigenvalue weighted by molar-refractivity contribution is 6.21. The second-order valence-corrected chi connectivity index (χ2v) is 6.11. The number of amides is 2. The minimum absolute atomic E-state index is 0.00306. The van der Waals surface area contributed by atoms with E-state index in [-0.39, 0.29) is 36.6 Å². The van der Waals surface area contributed by atoms with Crippen LogP contribution in [0.5, 0.6) is 5.75 Å². The van der Waals surface area contributed by atoms with Crippen molar-refractivity contribution in [2.45, 2.75) is 12.5 Å². The van der Waals surface area contributed by atoms with E-state index in [4.69, 9.17) is 10.00 Å². The Labute approximate surface area is 159 Å². The summed E-state index contributed by atoms with van der Waals surface area (Å²) < 4.78 is 5.35. The number of hydrogen-bond acceptors (Lipinski definition) is 7. The number of ether oxygens (including phenoxy) is 1. The third kappa shape index (κ3) is 3.67. The molecule has 1 aliphatic heterocycles. The van der Waals surface area contributed by atoms with Gasteiger partial charge in [0.1, 0.15) is 18.4 Å². The molecule has 2 aromatic carbocycles. The molecule has 9 nitrogen and oxygen atoms in total. The van der Waals surface area contributed by atoms with E-state index in [0.29, 0.717) is 11.1 Å². The van der Waals surface area contributed by atoms with Crippen LogP contribution in [-0.4, -0.2) is 46.0 Å². The fourth-order valence-electron chi connectivity index (χ4n) is 2.83. The number of hydrogen-bond donors (Lipinski definition) is 1. The Morgan fingerprint density at radius 1 is 1.18 bits per heavy atom. The van der Waals surface area contributed by atoms with E-state index in [1.54, 1.807) is 24.3 Å². The molecule has 0 aliphatic carbocycles. The molecule has 2 aromatic rings. The van der Waals surface area contributed by atoms with Crippen LogP contribution in [0.1, 0.15) is 32.7 Å². The van der Waals surface area contributed by atoms with Crippen molar-refractivity contribution in [3.8, 4) is 11.8 Å². The van der Waals surface area contributed by atoms with Crippen molar-refractivity contribution in [1.29, 1.82) is 5.26 Å². The standard InChI is InChI=1S/C19H15N3O6/c20-10-12-5-6-13(22(26)27)9-17(12)28-11-14(23)7-8-21-18(24)15-3-1-2-4-16(15)19(21)25/h1-6,9,14,23H,7-8,11H2. The molecule has 3 rings (SSSR count). The van der Waals surface area contributed by atoms with Crippen LogP contribution in [0.2, 0.25) is 0 Å². The average molecular weight is 381 g/mol. The average Bonchev–Trinajstić information content (AvgIpc) is 2.95. The molecule has 0 bridgehead atoms. The number of nitro groups is 1. The highest BCUT2D eigenvalue weighted by atomic mass is 16.6. The molecule has 1 unspecified atom stereocenters. The van der Waals surface area contributed by atoms with Gasteiger partial charge in [0.25, 0.3) is 17.5 Å². The van der Waals surface area contributed by atoms with Gasteiger partial charge in [-0.15, -0.1) is 0 Å². The van der Waals surface area contributed by atoms with Gasteiger partial charge in [-0.3, -0.25) is 24.6 Å². The summed E-state index contributed by atoms with van der Waals surface area (Å²) in [6, 6.07) is 11.9. The van der Waals surface area contributed by atoms with Gasteiger partial charge in [0, 0.05) is 12.6 Å². The van der Waals surface area contributed by atoms with Crippen molar-refractivity contribution in [1.82, 2.24) is 4.90 Å². The molecule has 0 saturated heterocycles. The van der Waals surface area contributed by atoms with Crippen molar-refractivity contribution < 1.29 is 24.4 Å². The lowest BCUT2D eigenvalue weighted by molar-refractivity contribution is -0.384. The highest BCUT2D eigenvalue weighted by Crippen LogP contribution is 2.25. The number of rotatable bonds is 7. The minimum atomic E-state index is -1.05. The Hall–Kier alpha value is -3.77. The first-order valence-corrected chi connectivity index (χ1v) is 8.37. The summed E-state index contributed by atoms with van der Waals surface area (Å²) in [5, 5.41) is 30.0. The van der Waals surface area contributed by atoms with Crippen LogP contribution in [0.4, 0.5) is 5.69 Å². The lowest BCUT2D eigenvalue weighted by Crippen LogP contribution is -2.33. The van der Waals surface area contributed by atoms with Gasteiger partial charge in [-0.25, -0.2) is 0 Å². The zero-order valence-electron chi connectivity index (χ0n) is 14.6. The number of carbonyl (C=O) groups is 2. The minimum Gasteiger partial charge on any atom is -0.489 e. The fraction of sp³-hybridized carbons (Fsp3) is 0.211. The molecular formula is C19H15N3O6. The maximum Gasteiger partial charge on any atom is 0.273 e. The summed E-state index contributed by atoms with van der Waals surface area (Å²) in [6.45, 7) is -0.254. The van der Waals surface area contributed by atoms with E-state index in [1.807, 2.05) is 6.07 Å². The van der Waals surface area contributed by atoms with Gasteiger partial charge >= 0.3 is 0 Å². The van der Waals surface area contributed by atoms with E-state index in [2.05, 4.69) is 0 Å². The number of imide groups is 1. The molecule has 9 heteroatoms. The molecule has 2 amide bonds. The summed E-state index contributed by atoms with van der Waals surface area (Å²) in [6.07, 6.45) is -0.988. The first kappa shape index (κ1) is 19.0. The largest absolute Gasteiger partial charge is 0.489 e. The van der Waals surface area contributed by atoms with Gasteiger partial charge < -0.3 is 9.84 Å². The SMILES string of the molecule is N#Cc1ccc([N+](=O)[O-])cc1OCC(O)CCN1C(=O)c2ccccc2C1=O. The van der Waals surface area contributed by atoms with Crippen LogP contribution in [0.15, 0.2) is 42.5 Å². The van der Waals surface area contributed by atoms with Crippen LogP contribution in [0.3, 0.4) is 0 Å². The predicted octanol–water partition coefficient (Wildman–Crippen LogP) is 1.89. The Balaban J connectivity index is 1.59. The quantitative estimate of drug-likeness (QED) is 0.440. The third-order valence-electron chi connectivity index (χ3n) is 4.29. The van der Waals surface area contributed by atoms with E-state index in [1.165, 1.54) is 12.1 Å². The second kappa shape index (κ2) is 7.85. The summed E-state index contributed by atoms with van der Waals surface area (Å²) in [4.78, 5) is 35.8. The number of aliphatic hydroxyl groups is 1. The molecule has 142 valence electrons. The molecule has 1 aliphatic rings. The summed E-state index contributed by atoms with van der Waals surface area (Å²) >= 11 is 0. The van der Waals surface area contributed by atoms with E-state index < -0.39 is 22.8 Å². The molecule has 0 saturated carbocycles. The van der Waals surface area contributed by atoms with Crippen LogP contribution in [0, 0.1) is 21.4 Å². The number of non-ortho nitro benzene ring substituents is 1. The number of nitro benzene ring substituents is 1. The zero-order chi connectivity index (χ0) is 20.3. The zero-order valence-corrected chi connectivity index (χ0v) is 14.6. The molecule has 0 aromatic heterocycles. The van der Waals surface area contributed by atoms with E-state index >= 15 is 0 Å². The van der Waals surface area contributed by atoms with Crippen LogP contribution >= 0.6 is 0 Å². The van der Waals surface area contributed by atoms with Gasteiger partial charge in [0.05, 0.1) is 33.8 Å². The Morgan fingerprint density at radius 3 is 2.39 bits per heavy atom. The molecule has 0 radical (unpaired) electrons. The first-order chi connectivity index (χ1) is 13.4. The normalized spacial score (nSPS) is 13.8. The molecule has 0 spiro atoms. The number of aliphatic hydroxyl groups excluding tert-OH is 1. The number of carbonyl (C=O) groups excluding carboxylic acids is 2. The first-order valence-electron chi connectivity index (χ1n) is 8.37. The van der Waals surface area contributed by atoms with Crippen LogP contribution < -0.4 is 4.74 Å². The highest BCUT2D eigenvalue weighted by Gasteiger charge is 2.34. The Kier molecular flexibility index (Phi) is 5.33. The second-order valence-electron chi connectivity index (χ2n) is 6.11. The molecule has 1 atom stereocenters. The van der Waals surface area contributed by atoms with Gasteiger partial charge in [-0.1, -0.05) is 12.1 Å². The van der Waals surface area contributed by atoms with Gasteiger partial charge in [-0.2, -0.15) is 5.26 Å². The molecule has 1 N–H and O–H groups in total. The van der Waals surface area contributed by atoms with Gasteiger partial charge in [0.2, 0.25) is 0 Å². The number of nitriles is 1. The summed E-state index contributed by atoms with van der Waals surface area (Å²) in [5.41, 5.74) is 0.509. The van der Waals surface area contributed by atoms with Crippen molar-refractivity contribution >= 4 is 17.5 Å². The Bertz CT molecular complexity index is 962. The monoisotopic (exact) mass is 381 g/mol. The maximum atomic E-state index is 12.3. The lowest BCUT2D eigenvalue weighted by atomic mass is 10.1. The topological polar surface area (TPSA) is 134 Å². The number of benzene rings is 2. The molecular weight excluding hydrogens is 366 g/mol. The van der Waals surface area contributed by atoms with Gasteiger partial charge in [0.15, 0.2) is 0 Å². The van der Waals surface area contributed by atoms with Crippen molar-refractivity contribution in [2.75, 3.05) is 13.2 Å². The molecule has 0 fully saturated rings.